The Morgan fingerprint density at radius 1 is 1.32 bits per heavy atom. The molecule has 4 nitrogen and oxygen atoms in total. The molecule has 1 saturated heterocycles. The van der Waals surface area contributed by atoms with Gasteiger partial charge in [0.15, 0.2) is 0 Å². The normalized spacial score (nSPS) is 16.6. The zero-order chi connectivity index (χ0) is 13.7. The number of benzene rings is 1. The van der Waals surface area contributed by atoms with E-state index in [1.54, 1.807) is 0 Å². The molecule has 0 amide bonds. The predicted molar refractivity (Wildman–Crippen MR) is 69.4 cm³/mol. The van der Waals surface area contributed by atoms with Crippen LogP contribution in [0.3, 0.4) is 0 Å². The average Bonchev–Trinajstić information content (AvgIpc) is 2.41. The van der Waals surface area contributed by atoms with Gasteiger partial charge in [-0.15, -0.1) is 0 Å². The monoisotopic (exact) mass is 268 g/mol. The molecule has 0 aliphatic carbocycles. The molecule has 1 aliphatic rings. The molecule has 104 valence electrons. The van der Waals surface area contributed by atoms with Crippen LogP contribution in [0.1, 0.15) is 18.4 Å². The topological polar surface area (TPSA) is 58.9 Å². The van der Waals surface area contributed by atoms with Crippen molar-refractivity contribution in [3.63, 3.8) is 0 Å². The summed E-state index contributed by atoms with van der Waals surface area (Å²) in [6.45, 7) is 2.41. The minimum Gasteiger partial charge on any atom is -0.423 e. The standard InChI is InChI=1S/C13H18BFO4/c15-12-2-1-11(13(7-12)14(16)17)9-19-8-10-3-5-18-6-4-10/h1-2,7,10,16-17H,3-6,8-9H2. The Morgan fingerprint density at radius 3 is 2.74 bits per heavy atom. The van der Waals surface area contributed by atoms with E-state index in [0.717, 1.165) is 32.1 Å². The van der Waals surface area contributed by atoms with Gasteiger partial charge in [-0.1, -0.05) is 6.07 Å². The highest BCUT2D eigenvalue weighted by atomic mass is 19.1. The quantitative estimate of drug-likeness (QED) is 0.761. The fourth-order valence-electron chi connectivity index (χ4n) is 2.19. The van der Waals surface area contributed by atoms with Crippen LogP contribution in [0.2, 0.25) is 0 Å². The van der Waals surface area contributed by atoms with E-state index in [1.807, 2.05) is 0 Å². The van der Waals surface area contributed by atoms with Gasteiger partial charge in [0.1, 0.15) is 5.82 Å². The molecule has 0 aromatic heterocycles. The summed E-state index contributed by atoms with van der Waals surface area (Å²) in [4.78, 5) is 0. The maximum absolute atomic E-state index is 13.0. The first-order chi connectivity index (χ1) is 9.16. The molecule has 19 heavy (non-hydrogen) atoms. The van der Waals surface area contributed by atoms with Crippen LogP contribution in [-0.4, -0.2) is 37.0 Å². The van der Waals surface area contributed by atoms with E-state index in [4.69, 9.17) is 9.47 Å². The second-order valence-corrected chi connectivity index (χ2v) is 4.79. The fraction of sp³-hybridized carbons (Fsp3) is 0.538. The molecule has 0 bridgehead atoms. The van der Waals surface area contributed by atoms with Gasteiger partial charge in [-0.25, -0.2) is 4.39 Å². The highest BCUT2D eigenvalue weighted by Gasteiger charge is 2.18. The lowest BCUT2D eigenvalue weighted by Crippen LogP contribution is -2.34. The highest BCUT2D eigenvalue weighted by Crippen LogP contribution is 2.15. The lowest BCUT2D eigenvalue weighted by molar-refractivity contribution is 0.0158. The lowest BCUT2D eigenvalue weighted by atomic mass is 9.77. The number of rotatable bonds is 5. The average molecular weight is 268 g/mol. The number of halogens is 1. The van der Waals surface area contributed by atoms with E-state index < -0.39 is 12.9 Å². The predicted octanol–water partition coefficient (Wildman–Crippen LogP) is 0.449. The van der Waals surface area contributed by atoms with Crippen molar-refractivity contribution < 1.29 is 23.9 Å². The summed E-state index contributed by atoms with van der Waals surface area (Å²) >= 11 is 0. The molecule has 1 aromatic carbocycles. The molecular weight excluding hydrogens is 250 g/mol. The highest BCUT2D eigenvalue weighted by molar-refractivity contribution is 6.59. The summed E-state index contributed by atoms with van der Waals surface area (Å²) in [7, 11) is -1.68. The maximum Gasteiger partial charge on any atom is 0.488 e. The molecule has 0 spiro atoms. The van der Waals surface area contributed by atoms with E-state index in [2.05, 4.69) is 0 Å². The van der Waals surface area contributed by atoms with Gasteiger partial charge in [0.05, 0.1) is 13.2 Å². The molecule has 0 atom stereocenters. The molecule has 2 N–H and O–H groups in total. The third-order valence-corrected chi connectivity index (χ3v) is 3.34. The molecule has 2 rings (SSSR count). The second kappa shape index (κ2) is 7.00. The molecule has 0 saturated carbocycles. The van der Waals surface area contributed by atoms with Crippen molar-refractivity contribution in [1.29, 1.82) is 0 Å². The molecular formula is C13H18BFO4. The third-order valence-electron chi connectivity index (χ3n) is 3.34. The Labute approximate surface area is 112 Å². The van der Waals surface area contributed by atoms with Crippen LogP contribution >= 0.6 is 0 Å². The van der Waals surface area contributed by atoms with Gasteiger partial charge in [0, 0.05) is 13.2 Å². The smallest absolute Gasteiger partial charge is 0.423 e. The summed E-state index contributed by atoms with van der Waals surface area (Å²) in [6, 6.07) is 3.94. The Bertz CT molecular complexity index is 408. The van der Waals surface area contributed by atoms with Crippen molar-refractivity contribution in [2.45, 2.75) is 19.4 Å². The largest absolute Gasteiger partial charge is 0.488 e. The Kier molecular flexibility index (Phi) is 5.33. The van der Waals surface area contributed by atoms with E-state index in [9.17, 15) is 14.4 Å². The Morgan fingerprint density at radius 2 is 2.05 bits per heavy atom. The molecule has 6 heteroatoms. The Balaban J connectivity index is 1.88. The SMILES string of the molecule is OB(O)c1cc(F)ccc1COCC1CCOCC1. The van der Waals surface area contributed by atoms with Gasteiger partial charge < -0.3 is 19.5 Å². The molecule has 0 unspecified atom stereocenters. The van der Waals surface area contributed by atoms with Gasteiger partial charge in [-0.05, 0) is 41.9 Å². The fourth-order valence-corrected chi connectivity index (χ4v) is 2.19. The first-order valence-electron chi connectivity index (χ1n) is 6.47. The molecule has 1 heterocycles. The van der Waals surface area contributed by atoms with Crippen molar-refractivity contribution >= 4 is 12.6 Å². The molecule has 1 aliphatic heterocycles. The van der Waals surface area contributed by atoms with Crippen molar-refractivity contribution in [2.75, 3.05) is 19.8 Å². The molecule has 0 radical (unpaired) electrons. The summed E-state index contributed by atoms with van der Waals surface area (Å²) in [5.41, 5.74) is 0.760. The number of ether oxygens (including phenoxy) is 2. The summed E-state index contributed by atoms with van der Waals surface area (Å²) in [5, 5.41) is 18.4. The van der Waals surface area contributed by atoms with E-state index >= 15 is 0 Å². The van der Waals surface area contributed by atoms with E-state index in [0.29, 0.717) is 18.1 Å². The second-order valence-electron chi connectivity index (χ2n) is 4.79. The van der Waals surface area contributed by atoms with Gasteiger partial charge in [-0.3, -0.25) is 0 Å². The summed E-state index contributed by atoms with van der Waals surface area (Å²) in [6.07, 6.45) is 1.97. The number of hydrogen-bond acceptors (Lipinski definition) is 4. The van der Waals surface area contributed by atoms with Gasteiger partial charge in [0.25, 0.3) is 0 Å². The van der Waals surface area contributed by atoms with Gasteiger partial charge >= 0.3 is 7.12 Å². The van der Waals surface area contributed by atoms with Gasteiger partial charge in [-0.2, -0.15) is 0 Å². The molecule has 1 fully saturated rings. The van der Waals surface area contributed by atoms with Crippen LogP contribution in [0.25, 0.3) is 0 Å². The first-order valence-corrected chi connectivity index (χ1v) is 6.47. The van der Waals surface area contributed by atoms with Crippen LogP contribution in [0.4, 0.5) is 4.39 Å². The number of hydrogen-bond donors (Lipinski definition) is 2. The van der Waals surface area contributed by atoms with Gasteiger partial charge in [0.2, 0.25) is 0 Å². The van der Waals surface area contributed by atoms with E-state index in [1.165, 1.54) is 12.1 Å². The zero-order valence-corrected chi connectivity index (χ0v) is 10.7. The van der Waals surface area contributed by atoms with Crippen molar-refractivity contribution in [2.24, 2.45) is 5.92 Å². The van der Waals surface area contributed by atoms with Crippen molar-refractivity contribution in [3.8, 4) is 0 Å². The van der Waals surface area contributed by atoms with Crippen molar-refractivity contribution in [1.82, 2.24) is 0 Å². The minimum absolute atomic E-state index is 0.159. The van der Waals surface area contributed by atoms with Crippen molar-refractivity contribution in [3.05, 3.63) is 29.6 Å². The van der Waals surface area contributed by atoms with Crippen LogP contribution in [0, 0.1) is 11.7 Å². The molecule has 1 aromatic rings. The zero-order valence-electron chi connectivity index (χ0n) is 10.7. The van der Waals surface area contributed by atoms with E-state index in [-0.39, 0.29) is 12.1 Å². The van der Waals surface area contributed by atoms with Crippen LogP contribution in [-0.2, 0) is 16.1 Å². The minimum atomic E-state index is -1.68. The maximum atomic E-state index is 13.0. The first kappa shape index (κ1) is 14.5. The van der Waals surface area contributed by atoms with Crippen LogP contribution in [0.15, 0.2) is 18.2 Å². The summed E-state index contributed by atoms with van der Waals surface area (Å²) < 4.78 is 23.9. The third kappa shape index (κ3) is 4.28. The summed E-state index contributed by atoms with van der Waals surface area (Å²) in [5.74, 6) is -0.00650. The lowest BCUT2D eigenvalue weighted by Gasteiger charge is -2.22. The van der Waals surface area contributed by atoms with Crippen LogP contribution in [0.5, 0.6) is 0 Å². The Hall–Kier alpha value is -0.945. The van der Waals surface area contributed by atoms with Crippen LogP contribution < -0.4 is 5.46 Å².